The maximum atomic E-state index is 4.88. The van der Waals surface area contributed by atoms with Crippen LogP contribution in [0.2, 0.25) is 0 Å². The molecule has 0 atom stereocenters. The quantitative estimate of drug-likeness (QED) is 0.132. The minimum Gasteiger partial charge on any atom is -0.256 e. The molecule has 10 aromatic rings. The Hall–Kier alpha value is -6.83. The normalized spacial score (nSPS) is 11.5. The van der Waals surface area contributed by atoms with E-state index in [1.54, 1.807) is 0 Å². The van der Waals surface area contributed by atoms with Gasteiger partial charge in [0.15, 0.2) is 0 Å². The van der Waals surface area contributed by atoms with Crippen molar-refractivity contribution in [1.82, 2.24) is 4.98 Å². The number of benzene rings is 9. The summed E-state index contributed by atoms with van der Waals surface area (Å²) in [6.45, 7) is 0. The van der Waals surface area contributed by atoms with Gasteiger partial charge in [-0.1, -0.05) is 176 Å². The molecule has 0 aliphatic heterocycles. The van der Waals surface area contributed by atoms with Crippen LogP contribution in [0.25, 0.3) is 98.9 Å². The summed E-state index contributed by atoms with van der Waals surface area (Å²) >= 11 is 0. The molecule has 1 nitrogen and oxygen atoms in total. The first kappa shape index (κ1) is 30.0. The van der Waals surface area contributed by atoms with E-state index >= 15 is 0 Å². The number of rotatable bonds is 5. The lowest BCUT2D eigenvalue weighted by molar-refractivity contribution is 1.43. The molecule has 0 radical (unpaired) electrons. The van der Waals surface area contributed by atoms with Crippen LogP contribution in [0.3, 0.4) is 0 Å². The predicted molar refractivity (Wildman–Crippen MR) is 221 cm³/mol. The van der Waals surface area contributed by atoms with Gasteiger partial charge < -0.3 is 0 Å². The second-order valence-corrected chi connectivity index (χ2v) is 13.5. The van der Waals surface area contributed by atoms with Crippen LogP contribution >= 0.6 is 0 Å². The van der Waals surface area contributed by atoms with Gasteiger partial charge >= 0.3 is 0 Å². The van der Waals surface area contributed by atoms with E-state index in [1.807, 2.05) is 12.3 Å². The van der Waals surface area contributed by atoms with Gasteiger partial charge in [0.05, 0.1) is 5.52 Å². The fourth-order valence-electron chi connectivity index (χ4n) is 8.04. The molecular formula is C51H33N. The molecule has 0 fully saturated rings. The fourth-order valence-corrected chi connectivity index (χ4v) is 8.04. The molecule has 0 bridgehead atoms. The smallest absolute Gasteiger partial charge is 0.0786 e. The Balaban J connectivity index is 1.25. The lowest BCUT2D eigenvalue weighted by atomic mass is 9.84. The molecule has 0 amide bonds. The Kier molecular flexibility index (Phi) is 7.22. The molecule has 0 aliphatic carbocycles. The molecular weight excluding hydrogens is 627 g/mol. The lowest BCUT2D eigenvalue weighted by Crippen LogP contribution is -1.93. The van der Waals surface area contributed by atoms with Crippen LogP contribution in [0.4, 0.5) is 0 Å². The van der Waals surface area contributed by atoms with Crippen LogP contribution in [0.5, 0.6) is 0 Å². The van der Waals surface area contributed by atoms with Crippen molar-refractivity contribution in [1.29, 1.82) is 0 Å². The van der Waals surface area contributed by atoms with Crippen molar-refractivity contribution in [2.75, 3.05) is 0 Å². The first-order valence-electron chi connectivity index (χ1n) is 17.9. The monoisotopic (exact) mass is 659 g/mol. The second-order valence-electron chi connectivity index (χ2n) is 13.5. The van der Waals surface area contributed by atoms with Gasteiger partial charge in [0.1, 0.15) is 0 Å². The van der Waals surface area contributed by atoms with Crippen LogP contribution in [-0.2, 0) is 0 Å². The molecule has 0 saturated heterocycles. The molecule has 1 heterocycles. The highest BCUT2D eigenvalue weighted by Gasteiger charge is 2.19. The summed E-state index contributed by atoms with van der Waals surface area (Å²) in [5.74, 6) is 0. The average Bonchev–Trinajstić information content (AvgIpc) is 3.23. The number of nitrogens with zero attached hydrogens (tertiary/aromatic N) is 1. The molecule has 9 aromatic carbocycles. The molecule has 1 aromatic heterocycles. The molecule has 0 spiro atoms. The van der Waals surface area contributed by atoms with E-state index in [2.05, 4.69) is 188 Å². The Labute approximate surface area is 303 Å². The number of fused-ring (bicyclic) bond motifs is 5. The van der Waals surface area contributed by atoms with Crippen LogP contribution in [0, 0.1) is 0 Å². The van der Waals surface area contributed by atoms with Gasteiger partial charge in [0.2, 0.25) is 0 Å². The van der Waals surface area contributed by atoms with Crippen molar-refractivity contribution in [3.8, 4) is 55.6 Å². The fraction of sp³-hybridized carbons (Fsp3) is 0. The van der Waals surface area contributed by atoms with Gasteiger partial charge in [0.25, 0.3) is 0 Å². The molecule has 52 heavy (non-hydrogen) atoms. The SMILES string of the molecule is c1ccc(-c2ccc(-c3c4ccccc4c(-c4ccc(-c5ccccc5)cc4)c4cc(-c5cc6ccccc6c6ncccc56)ccc34)cc2)cc1. The van der Waals surface area contributed by atoms with Gasteiger partial charge in [-0.05, 0) is 101 Å². The number of aromatic nitrogens is 1. The van der Waals surface area contributed by atoms with Crippen LogP contribution in [-0.4, -0.2) is 4.98 Å². The zero-order valence-corrected chi connectivity index (χ0v) is 28.5. The number of hydrogen-bond acceptors (Lipinski definition) is 1. The molecule has 0 saturated carbocycles. The lowest BCUT2D eigenvalue weighted by Gasteiger charge is -2.19. The van der Waals surface area contributed by atoms with Crippen LogP contribution in [0.1, 0.15) is 0 Å². The minimum absolute atomic E-state index is 1.03. The van der Waals surface area contributed by atoms with Crippen molar-refractivity contribution in [3.05, 3.63) is 200 Å². The van der Waals surface area contributed by atoms with Crippen molar-refractivity contribution in [2.45, 2.75) is 0 Å². The topological polar surface area (TPSA) is 12.9 Å². The first-order chi connectivity index (χ1) is 25.8. The van der Waals surface area contributed by atoms with Gasteiger partial charge in [-0.25, -0.2) is 0 Å². The highest BCUT2D eigenvalue weighted by atomic mass is 14.6. The van der Waals surface area contributed by atoms with E-state index in [0.29, 0.717) is 0 Å². The largest absolute Gasteiger partial charge is 0.256 e. The van der Waals surface area contributed by atoms with Crippen LogP contribution < -0.4 is 0 Å². The van der Waals surface area contributed by atoms with Crippen molar-refractivity contribution >= 4 is 43.2 Å². The second kappa shape index (κ2) is 12.5. The maximum Gasteiger partial charge on any atom is 0.0786 e. The standard InChI is InChI=1S/C51H33N/c1-3-12-34(13-4-1)36-21-25-38(26-22-36)49-43-18-9-10-19-44(43)50(39-27-23-37(24-28-39)35-14-5-2-6-15-35)48-33-41(29-30-45(48)49)47-32-40-16-7-8-17-42(40)51-46(47)20-11-31-52-51/h1-33H. The van der Waals surface area contributed by atoms with Gasteiger partial charge in [-0.2, -0.15) is 0 Å². The highest BCUT2D eigenvalue weighted by Crippen LogP contribution is 2.46. The van der Waals surface area contributed by atoms with Gasteiger partial charge in [-0.3, -0.25) is 4.98 Å². The number of pyridine rings is 1. The summed E-state index contributed by atoms with van der Waals surface area (Å²) in [4.78, 5) is 4.88. The van der Waals surface area contributed by atoms with E-state index in [9.17, 15) is 0 Å². The summed E-state index contributed by atoms with van der Waals surface area (Å²) < 4.78 is 0. The summed E-state index contributed by atoms with van der Waals surface area (Å²) in [5.41, 5.74) is 13.2. The zero-order valence-electron chi connectivity index (χ0n) is 28.5. The Morgan fingerprint density at radius 1 is 0.269 bits per heavy atom. The van der Waals surface area contributed by atoms with Crippen LogP contribution in [0.15, 0.2) is 200 Å². The van der Waals surface area contributed by atoms with Gasteiger partial charge in [-0.15, -0.1) is 0 Å². The summed E-state index contributed by atoms with van der Waals surface area (Å²) in [7, 11) is 0. The summed E-state index contributed by atoms with van der Waals surface area (Å²) in [5, 5.41) is 8.49. The average molecular weight is 660 g/mol. The highest BCUT2D eigenvalue weighted by molar-refractivity contribution is 6.22. The van der Waals surface area contributed by atoms with E-state index in [0.717, 1.165) is 10.9 Å². The van der Waals surface area contributed by atoms with Crippen molar-refractivity contribution in [2.24, 2.45) is 0 Å². The van der Waals surface area contributed by atoms with Gasteiger partial charge in [0, 0.05) is 17.0 Å². The van der Waals surface area contributed by atoms with E-state index in [1.165, 1.54) is 88.0 Å². The minimum atomic E-state index is 1.03. The Morgan fingerprint density at radius 3 is 1.33 bits per heavy atom. The third-order valence-corrected chi connectivity index (χ3v) is 10.5. The molecule has 0 N–H and O–H groups in total. The molecule has 242 valence electrons. The maximum absolute atomic E-state index is 4.88. The predicted octanol–water partition coefficient (Wildman–Crippen LogP) is 14.0. The molecule has 1 heteroatoms. The van der Waals surface area contributed by atoms with E-state index in [-0.39, 0.29) is 0 Å². The Bertz CT molecular complexity index is 2910. The van der Waals surface area contributed by atoms with E-state index < -0.39 is 0 Å². The molecule has 0 unspecified atom stereocenters. The third-order valence-electron chi connectivity index (χ3n) is 10.5. The Morgan fingerprint density at radius 2 is 0.712 bits per heavy atom. The van der Waals surface area contributed by atoms with Crippen molar-refractivity contribution < 1.29 is 0 Å². The van der Waals surface area contributed by atoms with Crippen molar-refractivity contribution in [3.63, 3.8) is 0 Å². The molecule has 0 aliphatic rings. The van der Waals surface area contributed by atoms with E-state index in [4.69, 9.17) is 4.98 Å². The number of hydrogen-bond donors (Lipinski definition) is 0. The first-order valence-corrected chi connectivity index (χ1v) is 17.9. The zero-order chi connectivity index (χ0) is 34.4. The molecule has 10 rings (SSSR count). The summed E-state index contributed by atoms with van der Waals surface area (Å²) in [6, 6.07) is 70.5. The third kappa shape index (κ3) is 5.06. The summed E-state index contributed by atoms with van der Waals surface area (Å²) in [6.07, 6.45) is 1.90.